The van der Waals surface area contributed by atoms with Gasteiger partial charge in [0.2, 0.25) is 10.0 Å². The van der Waals surface area contributed by atoms with Gasteiger partial charge in [0.25, 0.3) is 0 Å². The molecular weight excluding hydrogens is 241 g/mol. The molecule has 96 valence electrons. The van der Waals surface area contributed by atoms with Crippen LogP contribution in [0.4, 0.5) is 4.39 Å². The Bertz CT molecular complexity index is 459. The van der Waals surface area contributed by atoms with Crippen molar-refractivity contribution in [1.29, 1.82) is 0 Å². The third kappa shape index (κ3) is 4.09. The number of hydrogen-bond donors (Lipinski definition) is 1. The summed E-state index contributed by atoms with van der Waals surface area (Å²) in [6, 6.07) is 5.21. The minimum Gasteiger partial charge on any atom is -0.208 e. The van der Waals surface area contributed by atoms with E-state index >= 15 is 0 Å². The van der Waals surface area contributed by atoms with Crippen molar-refractivity contribution in [3.63, 3.8) is 0 Å². The highest BCUT2D eigenvalue weighted by molar-refractivity contribution is 7.89. The van der Waals surface area contributed by atoms with E-state index in [0.717, 1.165) is 25.3 Å². The lowest BCUT2D eigenvalue weighted by Crippen LogP contribution is -2.33. The topological polar surface area (TPSA) is 46.2 Å². The Morgan fingerprint density at radius 2 is 2.00 bits per heavy atom. The molecule has 5 heteroatoms. The molecule has 0 amide bonds. The van der Waals surface area contributed by atoms with Crippen LogP contribution in [-0.4, -0.2) is 14.5 Å². The maximum atomic E-state index is 13.4. The van der Waals surface area contributed by atoms with Crippen LogP contribution in [-0.2, 0) is 10.0 Å². The molecule has 0 heterocycles. The normalized spacial score (nSPS) is 13.6. The van der Waals surface area contributed by atoms with E-state index in [9.17, 15) is 12.8 Å². The van der Waals surface area contributed by atoms with Gasteiger partial charge in [-0.25, -0.2) is 17.5 Å². The van der Waals surface area contributed by atoms with Gasteiger partial charge in [0, 0.05) is 6.04 Å². The maximum absolute atomic E-state index is 13.4. The van der Waals surface area contributed by atoms with Gasteiger partial charge >= 0.3 is 0 Å². The number of halogens is 1. The highest BCUT2D eigenvalue weighted by atomic mass is 32.2. The maximum Gasteiger partial charge on any atom is 0.243 e. The predicted octanol–water partition coefficient (Wildman–Crippen LogP) is 2.68. The van der Waals surface area contributed by atoms with E-state index in [2.05, 4.69) is 4.72 Å². The summed E-state index contributed by atoms with van der Waals surface area (Å²) in [5.41, 5.74) is 0. The summed E-state index contributed by atoms with van der Waals surface area (Å²) in [7, 11) is -3.75. The Morgan fingerprint density at radius 1 is 1.35 bits per heavy atom. The van der Waals surface area contributed by atoms with E-state index < -0.39 is 15.8 Å². The fourth-order valence-corrected chi connectivity index (χ4v) is 2.92. The van der Waals surface area contributed by atoms with E-state index in [1.54, 1.807) is 6.92 Å². The lowest BCUT2D eigenvalue weighted by atomic mass is 10.2. The molecule has 0 saturated carbocycles. The van der Waals surface area contributed by atoms with Gasteiger partial charge < -0.3 is 0 Å². The lowest BCUT2D eigenvalue weighted by Gasteiger charge is -2.14. The molecular formula is C12H18FNO2S. The third-order valence-electron chi connectivity index (χ3n) is 2.47. The summed E-state index contributed by atoms with van der Waals surface area (Å²) >= 11 is 0. The molecule has 0 spiro atoms. The van der Waals surface area contributed by atoms with Crippen LogP contribution in [0.1, 0.15) is 33.1 Å². The first-order valence-electron chi connectivity index (χ1n) is 5.74. The van der Waals surface area contributed by atoms with Gasteiger partial charge in [0.15, 0.2) is 0 Å². The first kappa shape index (κ1) is 14.1. The van der Waals surface area contributed by atoms with Gasteiger partial charge in [-0.05, 0) is 25.5 Å². The standard InChI is InChI=1S/C12H18FNO2S/c1-3-4-7-10(2)14-17(15,16)12-9-6-5-8-11(12)13/h5-6,8-10,14H,3-4,7H2,1-2H3. The summed E-state index contributed by atoms with van der Waals surface area (Å²) < 4.78 is 39.6. The molecule has 0 aliphatic rings. The zero-order valence-electron chi connectivity index (χ0n) is 10.1. The highest BCUT2D eigenvalue weighted by Crippen LogP contribution is 2.14. The lowest BCUT2D eigenvalue weighted by molar-refractivity contribution is 0.524. The molecule has 1 aromatic rings. The average Bonchev–Trinajstić information content (AvgIpc) is 2.26. The van der Waals surface area contributed by atoms with Gasteiger partial charge in [-0.15, -0.1) is 0 Å². The Morgan fingerprint density at radius 3 is 2.59 bits per heavy atom. The number of benzene rings is 1. The van der Waals surface area contributed by atoms with Crippen molar-refractivity contribution in [1.82, 2.24) is 4.72 Å². The van der Waals surface area contributed by atoms with Crippen molar-refractivity contribution < 1.29 is 12.8 Å². The van der Waals surface area contributed by atoms with Crippen molar-refractivity contribution in [2.75, 3.05) is 0 Å². The zero-order chi connectivity index (χ0) is 12.9. The number of unbranched alkanes of at least 4 members (excludes halogenated alkanes) is 1. The second kappa shape index (κ2) is 6.12. The number of nitrogens with one attached hydrogen (secondary N) is 1. The van der Waals surface area contributed by atoms with E-state index in [1.165, 1.54) is 18.2 Å². The fraction of sp³-hybridized carbons (Fsp3) is 0.500. The van der Waals surface area contributed by atoms with Crippen molar-refractivity contribution in [3.8, 4) is 0 Å². The molecule has 17 heavy (non-hydrogen) atoms. The second-order valence-corrected chi connectivity index (χ2v) is 5.78. The molecule has 3 nitrogen and oxygen atoms in total. The van der Waals surface area contributed by atoms with Crippen LogP contribution in [0.5, 0.6) is 0 Å². The predicted molar refractivity (Wildman–Crippen MR) is 65.7 cm³/mol. The molecule has 1 N–H and O–H groups in total. The van der Waals surface area contributed by atoms with Crippen molar-refractivity contribution in [3.05, 3.63) is 30.1 Å². The summed E-state index contributed by atoms with van der Waals surface area (Å²) in [5, 5.41) is 0. The number of hydrogen-bond acceptors (Lipinski definition) is 2. The van der Waals surface area contributed by atoms with Crippen LogP contribution in [0.2, 0.25) is 0 Å². The van der Waals surface area contributed by atoms with Gasteiger partial charge in [0.05, 0.1) is 0 Å². The summed E-state index contributed by atoms with van der Waals surface area (Å²) in [6.45, 7) is 3.83. The second-order valence-electron chi connectivity index (χ2n) is 4.09. The van der Waals surface area contributed by atoms with Crippen LogP contribution in [0, 0.1) is 5.82 Å². The fourth-order valence-electron chi connectivity index (χ4n) is 1.56. The van der Waals surface area contributed by atoms with Crippen LogP contribution in [0.15, 0.2) is 29.2 Å². The van der Waals surface area contributed by atoms with Gasteiger partial charge in [0.1, 0.15) is 10.7 Å². The van der Waals surface area contributed by atoms with Crippen LogP contribution >= 0.6 is 0 Å². The van der Waals surface area contributed by atoms with E-state index in [4.69, 9.17) is 0 Å². The Balaban J connectivity index is 2.79. The molecule has 0 aromatic heterocycles. The summed E-state index contributed by atoms with van der Waals surface area (Å²) in [5.74, 6) is -0.720. The Kier molecular flexibility index (Phi) is 5.08. The minimum absolute atomic E-state index is 0.181. The molecule has 1 aromatic carbocycles. The smallest absolute Gasteiger partial charge is 0.208 e. The molecule has 1 unspecified atom stereocenters. The SMILES string of the molecule is CCCCC(C)NS(=O)(=O)c1ccccc1F. The van der Waals surface area contributed by atoms with E-state index in [1.807, 2.05) is 6.92 Å². The first-order valence-corrected chi connectivity index (χ1v) is 7.22. The monoisotopic (exact) mass is 259 g/mol. The third-order valence-corrected chi connectivity index (χ3v) is 4.10. The van der Waals surface area contributed by atoms with Crippen molar-refractivity contribution in [2.45, 2.75) is 44.0 Å². The number of rotatable bonds is 6. The molecule has 1 atom stereocenters. The van der Waals surface area contributed by atoms with Crippen LogP contribution in [0.3, 0.4) is 0 Å². The largest absolute Gasteiger partial charge is 0.243 e. The summed E-state index contributed by atoms with van der Waals surface area (Å²) in [6.07, 6.45) is 2.71. The number of sulfonamides is 1. The molecule has 1 rings (SSSR count). The zero-order valence-corrected chi connectivity index (χ0v) is 10.9. The molecule has 0 fully saturated rings. The van der Waals surface area contributed by atoms with E-state index in [0.29, 0.717) is 0 Å². The summed E-state index contributed by atoms with van der Waals surface area (Å²) in [4.78, 5) is -0.289. The van der Waals surface area contributed by atoms with Crippen LogP contribution < -0.4 is 4.72 Å². The first-order chi connectivity index (χ1) is 7.97. The van der Waals surface area contributed by atoms with Crippen molar-refractivity contribution >= 4 is 10.0 Å². The van der Waals surface area contributed by atoms with Gasteiger partial charge in [-0.3, -0.25) is 0 Å². The molecule has 0 saturated heterocycles. The van der Waals surface area contributed by atoms with E-state index in [-0.39, 0.29) is 10.9 Å². The molecule has 0 radical (unpaired) electrons. The Hall–Kier alpha value is -0.940. The van der Waals surface area contributed by atoms with Gasteiger partial charge in [-0.1, -0.05) is 31.9 Å². The van der Waals surface area contributed by atoms with Crippen molar-refractivity contribution in [2.24, 2.45) is 0 Å². The minimum atomic E-state index is -3.75. The van der Waals surface area contributed by atoms with Gasteiger partial charge in [-0.2, -0.15) is 0 Å². The molecule has 0 bridgehead atoms. The van der Waals surface area contributed by atoms with Crippen LogP contribution in [0.25, 0.3) is 0 Å². The molecule has 0 aliphatic carbocycles. The highest BCUT2D eigenvalue weighted by Gasteiger charge is 2.20. The average molecular weight is 259 g/mol. The molecule has 0 aliphatic heterocycles. The Labute approximate surface area is 102 Å². The quantitative estimate of drug-likeness (QED) is 0.853.